The molecule has 0 spiro atoms. The first kappa shape index (κ1) is 14.7. The highest BCUT2D eigenvalue weighted by Crippen LogP contribution is 2.23. The van der Waals surface area contributed by atoms with E-state index >= 15 is 0 Å². The molecule has 2 amide bonds. The zero-order valence-corrected chi connectivity index (χ0v) is 13.2. The summed E-state index contributed by atoms with van der Waals surface area (Å²) >= 11 is 4.75. The van der Waals surface area contributed by atoms with E-state index in [4.69, 9.17) is 5.73 Å². The molecule has 1 heterocycles. The molecule has 0 radical (unpaired) electrons. The molecule has 0 aliphatic rings. The van der Waals surface area contributed by atoms with Gasteiger partial charge in [-0.15, -0.1) is 11.3 Å². The highest BCUT2D eigenvalue weighted by atomic mass is 79.9. The van der Waals surface area contributed by atoms with Crippen molar-refractivity contribution in [3.05, 3.63) is 56.2 Å². The van der Waals surface area contributed by atoms with Crippen molar-refractivity contribution < 1.29 is 9.59 Å². The standard InChI is InChI=1S/C14H13BrN2O2S/c1-17(14(19)11-6-7-12(15)20-11)8-9-2-4-10(5-3-9)13(16)18/h2-7H,8H2,1H3,(H2,16,18). The topological polar surface area (TPSA) is 63.4 Å². The molecule has 0 atom stereocenters. The number of primary amides is 1. The fourth-order valence-corrected chi connectivity index (χ4v) is 3.12. The van der Waals surface area contributed by atoms with Gasteiger partial charge in [-0.05, 0) is 45.8 Å². The maximum atomic E-state index is 12.2. The first-order valence-electron chi connectivity index (χ1n) is 5.87. The van der Waals surface area contributed by atoms with Gasteiger partial charge in [0.1, 0.15) is 0 Å². The van der Waals surface area contributed by atoms with Crippen LogP contribution in [0.2, 0.25) is 0 Å². The van der Waals surface area contributed by atoms with E-state index in [1.807, 2.05) is 6.07 Å². The van der Waals surface area contributed by atoms with Gasteiger partial charge in [-0.3, -0.25) is 9.59 Å². The third-order valence-electron chi connectivity index (χ3n) is 2.79. The summed E-state index contributed by atoms with van der Waals surface area (Å²) in [5, 5.41) is 0. The van der Waals surface area contributed by atoms with E-state index < -0.39 is 5.91 Å². The van der Waals surface area contributed by atoms with Gasteiger partial charge < -0.3 is 10.6 Å². The summed E-state index contributed by atoms with van der Waals surface area (Å²) in [4.78, 5) is 25.5. The number of thiophene rings is 1. The zero-order chi connectivity index (χ0) is 14.7. The SMILES string of the molecule is CN(Cc1ccc(C(N)=O)cc1)C(=O)c1ccc(Br)s1. The molecule has 1 aromatic carbocycles. The molecule has 104 valence electrons. The lowest BCUT2D eigenvalue weighted by Gasteiger charge is -2.16. The fraction of sp³-hybridized carbons (Fsp3) is 0.143. The normalized spacial score (nSPS) is 10.3. The van der Waals surface area contributed by atoms with Crippen LogP contribution >= 0.6 is 27.3 Å². The van der Waals surface area contributed by atoms with Crippen LogP contribution in [-0.2, 0) is 6.54 Å². The van der Waals surface area contributed by atoms with Gasteiger partial charge in [0.15, 0.2) is 0 Å². The number of benzene rings is 1. The Labute approximate surface area is 129 Å². The van der Waals surface area contributed by atoms with Crippen LogP contribution in [0.1, 0.15) is 25.6 Å². The quantitative estimate of drug-likeness (QED) is 0.919. The molecule has 0 aliphatic carbocycles. The van der Waals surface area contributed by atoms with Crippen LogP contribution in [0.4, 0.5) is 0 Å². The van der Waals surface area contributed by atoms with E-state index in [2.05, 4.69) is 15.9 Å². The smallest absolute Gasteiger partial charge is 0.264 e. The highest BCUT2D eigenvalue weighted by Gasteiger charge is 2.14. The van der Waals surface area contributed by atoms with Crippen LogP contribution < -0.4 is 5.73 Å². The molecule has 0 bridgehead atoms. The van der Waals surface area contributed by atoms with E-state index in [-0.39, 0.29) is 5.91 Å². The summed E-state index contributed by atoms with van der Waals surface area (Å²) in [6, 6.07) is 10.6. The van der Waals surface area contributed by atoms with Crippen LogP contribution in [0.5, 0.6) is 0 Å². The molecule has 0 aliphatic heterocycles. The highest BCUT2D eigenvalue weighted by molar-refractivity contribution is 9.11. The minimum absolute atomic E-state index is 0.0281. The van der Waals surface area contributed by atoms with Crippen LogP contribution in [0.15, 0.2) is 40.2 Å². The van der Waals surface area contributed by atoms with E-state index in [1.54, 1.807) is 42.3 Å². The summed E-state index contributed by atoms with van der Waals surface area (Å²) in [6.07, 6.45) is 0. The Balaban J connectivity index is 2.05. The lowest BCUT2D eigenvalue weighted by molar-refractivity contribution is 0.0789. The summed E-state index contributed by atoms with van der Waals surface area (Å²) in [5.74, 6) is -0.482. The average molecular weight is 353 g/mol. The molecule has 6 heteroatoms. The molecule has 0 unspecified atom stereocenters. The molecule has 0 saturated carbocycles. The summed E-state index contributed by atoms with van der Waals surface area (Å²) in [6.45, 7) is 0.480. The van der Waals surface area contributed by atoms with Crippen molar-refractivity contribution in [3.8, 4) is 0 Å². The number of hydrogen-bond acceptors (Lipinski definition) is 3. The zero-order valence-electron chi connectivity index (χ0n) is 10.8. The van der Waals surface area contributed by atoms with Crippen LogP contribution in [0.25, 0.3) is 0 Å². The minimum atomic E-state index is -0.454. The second-order valence-electron chi connectivity index (χ2n) is 4.33. The Hall–Kier alpha value is -1.66. The van der Waals surface area contributed by atoms with E-state index in [0.717, 1.165) is 9.35 Å². The first-order chi connectivity index (χ1) is 9.47. The summed E-state index contributed by atoms with van der Waals surface area (Å²) in [5.41, 5.74) is 6.59. The first-order valence-corrected chi connectivity index (χ1v) is 7.48. The van der Waals surface area contributed by atoms with Crippen molar-refractivity contribution in [2.75, 3.05) is 7.05 Å². The van der Waals surface area contributed by atoms with Gasteiger partial charge in [0, 0.05) is 19.2 Å². The van der Waals surface area contributed by atoms with Gasteiger partial charge in [-0.25, -0.2) is 0 Å². The molecule has 2 aromatic rings. The molecule has 20 heavy (non-hydrogen) atoms. The molecule has 0 fully saturated rings. The Morgan fingerprint density at radius 1 is 1.20 bits per heavy atom. The molecule has 1 aromatic heterocycles. The minimum Gasteiger partial charge on any atom is -0.366 e. The third kappa shape index (κ3) is 3.46. The maximum absolute atomic E-state index is 12.2. The summed E-state index contributed by atoms with van der Waals surface area (Å²) in [7, 11) is 1.75. The number of halogens is 1. The van der Waals surface area contributed by atoms with Crippen LogP contribution in [0, 0.1) is 0 Å². The lowest BCUT2D eigenvalue weighted by Crippen LogP contribution is -2.25. The number of nitrogens with two attached hydrogens (primary N) is 1. The maximum Gasteiger partial charge on any atom is 0.264 e. The van der Waals surface area contributed by atoms with E-state index in [0.29, 0.717) is 17.0 Å². The number of hydrogen-bond donors (Lipinski definition) is 1. The van der Waals surface area contributed by atoms with Crippen LogP contribution in [0.3, 0.4) is 0 Å². The second kappa shape index (κ2) is 6.19. The number of amides is 2. The van der Waals surface area contributed by atoms with Gasteiger partial charge in [-0.2, -0.15) is 0 Å². The Bertz CT molecular complexity index is 637. The third-order valence-corrected chi connectivity index (χ3v) is 4.40. The lowest BCUT2D eigenvalue weighted by atomic mass is 10.1. The van der Waals surface area contributed by atoms with Crippen molar-refractivity contribution in [3.63, 3.8) is 0 Å². The van der Waals surface area contributed by atoms with Crippen molar-refractivity contribution in [1.82, 2.24) is 4.90 Å². The second-order valence-corrected chi connectivity index (χ2v) is 6.79. The van der Waals surface area contributed by atoms with Crippen molar-refractivity contribution in [1.29, 1.82) is 0 Å². The monoisotopic (exact) mass is 352 g/mol. The van der Waals surface area contributed by atoms with Gasteiger partial charge in [0.25, 0.3) is 5.91 Å². The van der Waals surface area contributed by atoms with Gasteiger partial charge in [-0.1, -0.05) is 12.1 Å². The molecular formula is C14H13BrN2O2S. The predicted octanol–water partition coefficient (Wildman–Crippen LogP) is 2.88. The molecular weight excluding hydrogens is 340 g/mol. The van der Waals surface area contributed by atoms with Gasteiger partial charge in [0.2, 0.25) is 5.91 Å². The van der Waals surface area contributed by atoms with E-state index in [1.165, 1.54) is 11.3 Å². The predicted molar refractivity (Wildman–Crippen MR) is 82.8 cm³/mol. The van der Waals surface area contributed by atoms with E-state index in [9.17, 15) is 9.59 Å². The Kier molecular flexibility index (Phi) is 4.57. The molecule has 4 nitrogen and oxygen atoms in total. The number of nitrogens with zero attached hydrogens (tertiary/aromatic N) is 1. The number of carbonyl (C=O) groups excluding carboxylic acids is 2. The van der Waals surface area contributed by atoms with Crippen molar-refractivity contribution in [2.24, 2.45) is 5.73 Å². The number of carbonyl (C=O) groups is 2. The summed E-state index contributed by atoms with van der Waals surface area (Å²) < 4.78 is 0.931. The van der Waals surface area contributed by atoms with Gasteiger partial charge >= 0.3 is 0 Å². The molecule has 2 N–H and O–H groups in total. The Morgan fingerprint density at radius 3 is 2.35 bits per heavy atom. The molecule has 2 rings (SSSR count). The number of rotatable bonds is 4. The van der Waals surface area contributed by atoms with Crippen LogP contribution in [-0.4, -0.2) is 23.8 Å². The Morgan fingerprint density at radius 2 is 1.85 bits per heavy atom. The van der Waals surface area contributed by atoms with Crippen molar-refractivity contribution >= 4 is 39.1 Å². The average Bonchev–Trinajstić information content (AvgIpc) is 2.85. The fourth-order valence-electron chi connectivity index (χ4n) is 1.74. The van der Waals surface area contributed by atoms with Gasteiger partial charge in [0.05, 0.1) is 8.66 Å². The largest absolute Gasteiger partial charge is 0.366 e. The van der Waals surface area contributed by atoms with Crippen molar-refractivity contribution in [2.45, 2.75) is 6.54 Å². The molecule has 0 saturated heterocycles.